The van der Waals surface area contributed by atoms with Gasteiger partial charge in [-0.3, -0.25) is 9.69 Å². The molecule has 7 heteroatoms. The van der Waals surface area contributed by atoms with Crippen LogP contribution in [0.5, 0.6) is 11.5 Å². The summed E-state index contributed by atoms with van der Waals surface area (Å²) in [5.41, 5.74) is 1.62. The van der Waals surface area contributed by atoms with E-state index in [2.05, 4.69) is 15.2 Å². The molecule has 2 unspecified atom stereocenters. The second-order valence-corrected chi connectivity index (χ2v) is 9.81. The van der Waals surface area contributed by atoms with Crippen LogP contribution in [-0.2, 0) is 11.2 Å². The Morgan fingerprint density at radius 1 is 1.20 bits per heavy atom. The number of rotatable bonds is 6. The molecule has 3 heterocycles. The van der Waals surface area contributed by atoms with Crippen LogP contribution in [0, 0.1) is 5.92 Å². The smallest absolute Gasteiger partial charge is 0.234 e. The van der Waals surface area contributed by atoms with Gasteiger partial charge in [0.1, 0.15) is 22.8 Å². The fourth-order valence-electron chi connectivity index (χ4n) is 5.19. The number of nitrogens with one attached hydrogen (secondary N) is 2. The van der Waals surface area contributed by atoms with Gasteiger partial charge in [0.25, 0.3) is 0 Å². The number of H-pyrrole nitrogens is 1. The van der Waals surface area contributed by atoms with E-state index >= 15 is 0 Å². The van der Waals surface area contributed by atoms with Crippen LogP contribution >= 0.6 is 0 Å². The average molecular weight is 415 g/mol. The molecule has 2 fully saturated rings. The van der Waals surface area contributed by atoms with Crippen molar-refractivity contribution < 1.29 is 14.3 Å². The Balaban J connectivity index is 1.42. The molecular weight excluding hydrogens is 380 g/mol. The van der Waals surface area contributed by atoms with Gasteiger partial charge in [-0.05, 0) is 52.4 Å². The van der Waals surface area contributed by atoms with Crippen molar-refractivity contribution in [3.8, 4) is 11.5 Å². The van der Waals surface area contributed by atoms with Crippen molar-refractivity contribution in [1.29, 1.82) is 0 Å². The lowest BCUT2D eigenvalue weighted by Crippen LogP contribution is -2.51. The van der Waals surface area contributed by atoms with Crippen molar-refractivity contribution in [2.24, 2.45) is 5.92 Å². The zero-order valence-corrected chi connectivity index (χ0v) is 18.7. The molecule has 164 valence electrons. The summed E-state index contributed by atoms with van der Waals surface area (Å²) in [6.45, 7) is 6.61. The highest BCUT2D eigenvalue weighted by atomic mass is 16.5. The molecule has 2 aliphatic rings. The van der Waals surface area contributed by atoms with Gasteiger partial charge < -0.3 is 19.8 Å². The van der Waals surface area contributed by atoms with Gasteiger partial charge in [0.05, 0.1) is 26.3 Å². The summed E-state index contributed by atoms with van der Waals surface area (Å²) in [5, 5.41) is 3.10. The molecule has 1 aromatic heterocycles. The van der Waals surface area contributed by atoms with Crippen LogP contribution in [0.2, 0.25) is 0 Å². The Labute approximate surface area is 178 Å². The fraction of sp³-hybridized carbons (Fsp3) is 0.652. The summed E-state index contributed by atoms with van der Waals surface area (Å²) >= 11 is 0. The summed E-state index contributed by atoms with van der Waals surface area (Å²) in [6, 6.07) is 4.83. The van der Waals surface area contributed by atoms with Crippen LogP contribution in [0.1, 0.15) is 52.3 Å². The number of benzene rings is 1. The maximum atomic E-state index is 12.4. The van der Waals surface area contributed by atoms with Gasteiger partial charge in [-0.15, -0.1) is 0 Å². The van der Waals surface area contributed by atoms with Crippen molar-refractivity contribution in [3.05, 3.63) is 18.0 Å². The molecule has 0 aliphatic carbocycles. The first kappa shape index (κ1) is 21.0. The second-order valence-electron chi connectivity index (χ2n) is 9.81. The van der Waals surface area contributed by atoms with Gasteiger partial charge in [0, 0.05) is 36.2 Å². The lowest BCUT2D eigenvalue weighted by molar-refractivity contribution is -0.125. The first-order valence-corrected chi connectivity index (χ1v) is 10.9. The van der Waals surface area contributed by atoms with Gasteiger partial charge in [0.15, 0.2) is 0 Å². The maximum absolute atomic E-state index is 12.4. The van der Waals surface area contributed by atoms with E-state index in [1.807, 2.05) is 32.9 Å². The number of hydrogen-bond acceptors (Lipinski definition) is 5. The number of hydrogen-bond donors (Lipinski definition) is 2. The average Bonchev–Trinajstić information content (AvgIpc) is 3.16. The van der Waals surface area contributed by atoms with Crippen LogP contribution in [0.15, 0.2) is 12.1 Å². The number of fused-ring (bicyclic) bond motifs is 3. The molecule has 0 radical (unpaired) electrons. The highest BCUT2D eigenvalue weighted by Crippen LogP contribution is 2.40. The predicted octanol–water partition coefficient (Wildman–Crippen LogP) is 3.28. The van der Waals surface area contributed by atoms with Crippen LogP contribution in [-0.4, -0.2) is 59.2 Å². The largest absolute Gasteiger partial charge is 0.497 e. The molecule has 2 bridgehead atoms. The third-order valence-electron chi connectivity index (χ3n) is 6.33. The maximum Gasteiger partial charge on any atom is 0.234 e. The SMILES string of the molecule is COc1cc(OC)c2nc(CC3CC4CCC(C3)N4CC(=O)NC(C)(C)C)[nH]c2c1. The summed E-state index contributed by atoms with van der Waals surface area (Å²) in [4.78, 5) is 23.2. The van der Waals surface area contributed by atoms with Crippen LogP contribution in [0.4, 0.5) is 0 Å². The molecular formula is C23H34N4O3. The molecule has 2 atom stereocenters. The van der Waals surface area contributed by atoms with Crippen molar-refractivity contribution in [2.75, 3.05) is 20.8 Å². The minimum atomic E-state index is -0.181. The highest BCUT2D eigenvalue weighted by molar-refractivity contribution is 5.83. The Morgan fingerprint density at radius 2 is 1.90 bits per heavy atom. The van der Waals surface area contributed by atoms with E-state index in [-0.39, 0.29) is 11.4 Å². The minimum Gasteiger partial charge on any atom is -0.497 e. The number of carbonyl (C=O) groups is 1. The molecule has 7 nitrogen and oxygen atoms in total. The number of piperidine rings is 1. The van der Waals surface area contributed by atoms with Crippen LogP contribution < -0.4 is 14.8 Å². The first-order valence-electron chi connectivity index (χ1n) is 10.9. The van der Waals surface area contributed by atoms with E-state index in [1.165, 1.54) is 12.8 Å². The van der Waals surface area contributed by atoms with Gasteiger partial charge in [-0.2, -0.15) is 0 Å². The third-order valence-corrected chi connectivity index (χ3v) is 6.33. The van der Waals surface area contributed by atoms with Gasteiger partial charge >= 0.3 is 0 Å². The molecule has 30 heavy (non-hydrogen) atoms. The monoisotopic (exact) mass is 414 g/mol. The third kappa shape index (κ3) is 4.41. The van der Waals surface area contributed by atoms with E-state index in [0.717, 1.165) is 47.6 Å². The molecule has 1 aromatic carbocycles. The highest BCUT2D eigenvalue weighted by Gasteiger charge is 2.41. The van der Waals surface area contributed by atoms with E-state index < -0.39 is 0 Å². The molecule has 0 spiro atoms. The Bertz CT molecular complexity index is 903. The Hall–Kier alpha value is -2.28. The minimum absolute atomic E-state index is 0.135. The van der Waals surface area contributed by atoms with Crippen molar-refractivity contribution in [2.45, 2.75) is 70.5 Å². The summed E-state index contributed by atoms with van der Waals surface area (Å²) in [6.07, 6.45) is 5.55. The number of carbonyl (C=O) groups excluding carboxylic acids is 1. The first-order chi connectivity index (χ1) is 14.3. The number of amides is 1. The Kier molecular flexibility index (Phi) is 5.66. The molecule has 2 aromatic rings. The van der Waals surface area contributed by atoms with Gasteiger partial charge in [-0.1, -0.05) is 0 Å². The predicted molar refractivity (Wildman–Crippen MR) is 117 cm³/mol. The standard InChI is InChI=1S/C23H34N4O3/c1-23(2,3)26-21(28)13-27-15-6-7-16(27)9-14(8-15)10-20-24-18-11-17(29-4)12-19(30-5)22(18)25-20/h11-12,14-16H,6-10,13H2,1-5H3,(H,24,25)(H,26,28). The van der Waals surface area contributed by atoms with Crippen molar-refractivity contribution >= 4 is 16.9 Å². The van der Waals surface area contributed by atoms with E-state index in [9.17, 15) is 4.79 Å². The topological polar surface area (TPSA) is 79.5 Å². The van der Waals surface area contributed by atoms with Crippen LogP contribution in [0.3, 0.4) is 0 Å². The Morgan fingerprint density at radius 3 is 2.50 bits per heavy atom. The molecule has 2 saturated heterocycles. The van der Waals surface area contributed by atoms with E-state index in [1.54, 1.807) is 14.2 Å². The van der Waals surface area contributed by atoms with E-state index in [0.29, 0.717) is 24.5 Å². The number of aromatic amines is 1. The quantitative estimate of drug-likeness (QED) is 0.758. The fourth-order valence-corrected chi connectivity index (χ4v) is 5.19. The zero-order chi connectivity index (χ0) is 21.5. The zero-order valence-electron chi connectivity index (χ0n) is 18.7. The summed E-state index contributed by atoms with van der Waals surface area (Å²) in [7, 11) is 3.31. The van der Waals surface area contributed by atoms with Crippen LogP contribution in [0.25, 0.3) is 11.0 Å². The van der Waals surface area contributed by atoms with E-state index in [4.69, 9.17) is 14.5 Å². The summed E-state index contributed by atoms with van der Waals surface area (Å²) in [5.74, 6) is 3.20. The van der Waals surface area contributed by atoms with Gasteiger partial charge in [0.2, 0.25) is 5.91 Å². The van der Waals surface area contributed by atoms with Gasteiger partial charge in [-0.25, -0.2) is 4.98 Å². The molecule has 4 rings (SSSR count). The normalized spacial score (nSPS) is 24.2. The molecule has 2 aliphatic heterocycles. The molecule has 0 saturated carbocycles. The number of ether oxygens (including phenoxy) is 2. The molecule has 2 N–H and O–H groups in total. The lowest BCUT2D eigenvalue weighted by Gasteiger charge is -2.38. The van der Waals surface area contributed by atoms with Crippen molar-refractivity contribution in [1.82, 2.24) is 20.2 Å². The lowest BCUT2D eigenvalue weighted by atomic mass is 9.88. The molecule has 1 amide bonds. The summed E-state index contributed by atoms with van der Waals surface area (Å²) < 4.78 is 10.9. The van der Waals surface area contributed by atoms with Crippen molar-refractivity contribution in [3.63, 3.8) is 0 Å². The number of nitrogens with zero attached hydrogens (tertiary/aromatic N) is 2. The number of aromatic nitrogens is 2. The number of imidazole rings is 1. The number of methoxy groups -OCH3 is 2. The second kappa shape index (κ2) is 8.10.